The Morgan fingerprint density at radius 3 is 1.85 bits per heavy atom. The van der Waals surface area contributed by atoms with E-state index >= 15 is 0 Å². The molecular formula is C24H36NSi+. The molecule has 0 aliphatic heterocycles. The van der Waals surface area contributed by atoms with Gasteiger partial charge in [0.15, 0.2) is 0 Å². The van der Waals surface area contributed by atoms with Crippen molar-refractivity contribution in [2.24, 2.45) is 0 Å². The topological polar surface area (TPSA) is 16.6 Å². The van der Waals surface area contributed by atoms with Crippen molar-refractivity contribution in [3.63, 3.8) is 0 Å². The zero-order valence-electron chi connectivity index (χ0n) is 17.3. The molecule has 0 aliphatic rings. The smallest absolute Gasteiger partial charge is 0.102 e. The maximum absolute atomic E-state index is 2.56. The Bertz CT molecular complexity index is 683. The monoisotopic (exact) mass is 366 g/mol. The van der Waals surface area contributed by atoms with Crippen LogP contribution in [0.5, 0.6) is 0 Å². The molecule has 0 aliphatic carbocycles. The Morgan fingerprint density at radius 1 is 0.769 bits per heavy atom. The zero-order chi connectivity index (χ0) is 19.0. The average molecular weight is 367 g/mol. The van der Waals surface area contributed by atoms with Crippen LogP contribution < -0.4 is 5.32 Å². The van der Waals surface area contributed by atoms with Gasteiger partial charge in [0.25, 0.3) is 0 Å². The van der Waals surface area contributed by atoms with Gasteiger partial charge in [0.05, 0.1) is 8.07 Å². The molecule has 2 N–H and O–H groups in total. The highest BCUT2D eigenvalue weighted by molar-refractivity contribution is 6.84. The highest BCUT2D eigenvalue weighted by Crippen LogP contribution is 2.22. The summed E-state index contributed by atoms with van der Waals surface area (Å²) in [5, 5.41) is 2.39. The average Bonchev–Trinajstić information content (AvgIpc) is 2.64. The lowest BCUT2D eigenvalue weighted by molar-refractivity contribution is -0.686. The third kappa shape index (κ3) is 5.96. The van der Waals surface area contributed by atoms with E-state index in [2.05, 4.69) is 94.2 Å². The quantitative estimate of drug-likeness (QED) is 0.554. The van der Waals surface area contributed by atoms with Crippen LogP contribution >= 0.6 is 0 Å². The fourth-order valence-corrected chi connectivity index (χ4v) is 6.49. The number of aryl methyl sites for hydroxylation is 2. The summed E-state index contributed by atoms with van der Waals surface area (Å²) in [6, 6.07) is 20.0. The van der Waals surface area contributed by atoms with E-state index in [1.54, 1.807) is 0 Å². The van der Waals surface area contributed by atoms with Gasteiger partial charge in [-0.1, -0.05) is 104 Å². The summed E-state index contributed by atoms with van der Waals surface area (Å²) in [5.74, 6) is 0. The van der Waals surface area contributed by atoms with Crippen LogP contribution in [0.1, 0.15) is 48.6 Å². The normalized spacial score (nSPS) is 12.0. The number of benzene rings is 2. The number of rotatable bonds is 9. The first-order valence-electron chi connectivity index (χ1n) is 10.2. The largest absolute Gasteiger partial charge is 0.339 e. The first-order chi connectivity index (χ1) is 12.5. The van der Waals surface area contributed by atoms with E-state index in [0.29, 0.717) is 0 Å². The SMILES string of the molecule is CC[Si](/C=C/c1ccc(C[NH2+]Cc2cc(C)cc(C)c2)cc1)(CC)CC. The minimum Gasteiger partial charge on any atom is -0.339 e. The molecule has 0 spiro atoms. The molecule has 0 heterocycles. The molecule has 2 rings (SSSR count). The minimum absolute atomic E-state index is 1.04. The van der Waals surface area contributed by atoms with Crippen LogP contribution in [-0.2, 0) is 13.1 Å². The summed E-state index contributed by atoms with van der Waals surface area (Å²) in [4.78, 5) is 0. The Kier molecular flexibility index (Phi) is 7.86. The summed E-state index contributed by atoms with van der Waals surface area (Å²) < 4.78 is 0. The van der Waals surface area contributed by atoms with Crippen LogP contribution in [-0.4, -0.2) is 8.07 Å². The summed E-state index contributed by atoms with van der Waals surface area (Å²) in [7, 11) is -1.17. The predicted octanol–water partition coefficient (Wildman–Crippen LogP) is 5.63. The highest BCUT2D eigenvalue weighted by Gasteiger charge is 2.22. The van der Waals surface area contributed by atoms with E-state index in [1.165, 1.54) is 45.9 Å². The molecule has 0 aromatic heterocycles. The van der Waals surface area contributed by atoms with E-state index in [-0.39, 0.29) is 0 Å². The van der Waals surface area contributed by atoms with E-state index in [0.717, 1.165) is 13.1 Å². The Hall–Kier alpha value is -1.64. The van der Waals surface area contributed by atoms with Crippen molar-refractivity contribution in [1.29, 1.82) is 0 Å². The lowest BCUT2D eigenvalue weighted by Gasteiger charge is -2.23. The van der Waals surface area contributed by atoms with Gasteiger partial charge in [0.2, 0.25) is 0 Å². The van der Waals surface area contributed by atoms with Gasteiger partial charge in [-0.15, -0.1) is 0 Å². The molecule has 2 aromatic carbocycles. The third-order valence-corrected chi connectivity index (χ3v) is 10.9. The molecule has 1 nitrogen and oxygen atoms in total. The van der Waals surface area contributed by atoms with Crippen LogP contribution in [0.25, 0.3) is 6.08 Å². The van der Waals surface area contributed by atoms with Crippen molar-refractivity contribution < 1.29 is 5.32 Å². The lowest BCUT2D eigenvalue weighted by Crippen LogP contribution is -2.80. The van der Waals surface area contributed by atoms with Gasteiger partial charge >= 0.3 is 0 Å². The third-order valence-electron chi connectivity index (χ3n) is 5.76. The molecule has 0 saturated carbocycles. The second-order valence-electron chi connectivity index (χ2n) is 7.69. The second kappa shape index (κ2) is 9.89. The van der Waals surface area contributed by atoms with Crippen LogP contribution in [0.2, 0.25) is 18.1 Å². The van der Waals surface area contributed by atoms with Gasteiger partial charge in [0.1, 0.15) is 13.1 Å². The van der Waals surface area contributed by atoms with Crippen molar-refractivity contribution in [3.05, 3.63) is 76.0 Å². The van der Waals surface area contributed by atoms with Gasteiger partial charge in [-0.05, 0) is 19.4 Å². The maximum atomic E-state index is 2.56. The molecule has 2 heteroatoms. The van der Waals surface area contributed by atoms with Gasteiger partial charge < -0.3 is 5.32 Å². The summed E-state index contributed by atoms with van der Waals surface area (Å²) >= 11 is 0. The Labute approximate surface area is 161 Å². The van der Waals surface area contributed by atoms with Gasteiger partial charge in [-0.2, -0.15) is 0 Å². The first-order valence-corrected chi connectivity index (χ1v) is 12.9. The van der Waals surface area contributed by atoms with E-state index < -0.39 is 8.07 Å². The van der Waals surface area contributed by atoms with Crippen LogP contribution in [0.3, 0.4) is 0 Å². The predicted molar refractivity (Wildman–Crippen MR) is 118 cm³/mol. The van der Waals surface area contributed by atoms with Crippen molar-refractivity contribution in [3.8, 4) is 0 Å². The van der Waals surface area contributed by atoms with Crippen molar-refractivity contribution in [2.75, 3.05) is 0 Å². The molecular weight excluding hydrogens is 330 g/mol. The molecule has 140 valence electrons. The number of nitrogens with two attached hydrogens (primary N) is 1. The van der Waals surface area contributed by atoms with Crippen molar-refractivity contribution in [1.82, 2.24) is 0 Å². The molecule has 0 atom stereocenters. The van der Waals surface area contributed by atoms with Crippen LogP contribution in [0.15, 0.2) is 48.2 Å². The van der Waals surface area contributed by atoms with E-state index in [1.807, 2.05) is 0 Å². The number of hydrogen-bond acceptors (Lipinski definition) is 0. The van der Waals surface area contributed by atoms with Crippen LogP contribution in [0, 0.1) is 13.8 Å². The molecule has 0 radical (unpaired) electrons. The standard InChI is InChI=1S/C24H35NSi/c1-6-26(7-2,8-3)14-13-22-9-11-23(12-10-22)18-25-19-24-16-20(4)15-21(5)17-24/h9-17,25H,6-8,18-19H2,1-5H3/p+1/b14-13+. The second-order valence-corrected chi connectivity index (χ2v) is 12.9. The summed E-state index contributed by atoms with van der Waals surface area (Å²) in [5.41, 5.74) is 9.44. The van der Waals surface area contributed by atoms with Gasteiger partial charge in [0, 0.05) is 11.1 Å². The zero-order valence-corrected chi connectivity index (χ0v) is 18.3. The van der Waals surface area contributed by atoms with Crippen LogP contribution in [0.4, 0.5) is 0 Å². The van der Waals surface area contributed by atoms with E-state index in [9.17, 15) is 0 Å². The van der Waals surface area contributed by atoms with Crippen molar-refractivity contribution in [2.45, 2.75) is 65.8 Å². The molecule has 2 aromatic rings. The molecule has 26 heavy (non-hydrogen) atoms. The fourth-order valence-electron chi connectivity index (χ4n) is 3.73. The van der Waals surface area contributed by atoms with Crippen molar-refractivity contribution >= 4 is 14.1 Å². The fraction of sp³-hybridized carbons (Fsp3) is 0.417. The molecule has 0 amide bonds. The molecule has 0 saturated heterocycles. The first kappa shape index (κ1) is 20.7. The van der Waals surface area contributed by atoms with Gasteiger partial charge in [-0.3, -0.25) is 0 Å². The lowest BCUT2D eigenvalue weighted by atomic mass is 10.1. The summed E-state index contributed by atoms with van der Waals surface area (Å²) in [6.07, 6.45) is 2.37. The molecule has 0 fully saturated rings. The minimum atomic E-state index is -1.17. The maximum Gasteiger partial charge on any atom is 0.102 e. The molecule has 0 bridgehead atoms. The van der Waals surface area contributed by atoms with E-state index in [4.69, 9.17) is 0 Å². The highest BCUT2D eigenvalue weighted by atomic mass is 28.3. The summed E-state index contributed by atoms with van der Waals surface area (Å²) in [6.45, 7) is 13.5. The Balaban J connectivity index is 1.91. The Morgan fingerprint density at radius 2 is 1.31 bits per heavy atom. The number of quaternary nitrogens is 1. The van der Waals surface area contributed by atoms with Gasteiger partial charge in [-0.25, -0.2) is 0 Å². The molecule has 0 unspecified atom stereocenters. The number of hydrogen-bond donors (Lipinski definition) is 1.